The number of nitrogens with zero attached hydrogens (tertiary/aromatic N) is 5. The van der Waals surface area contributed by atoms with Crippen LogP contribution in [0.15, 0.2) is 90.1 Å². The number of carbonyl (C=O) groups is 3. The first-order valence-electron chi connectivity index (χ1n) is 14.8. The first-order chi connectivity index (χ1) is 23.2. The lowest BCUT2D eigenvalue weighted by Gasteiger charge is -2.55. The minimum atomic E-state index is -1.16. The number of aromatic nitrogens is 4. The molecule has 2 fully saturated rings. The van der Waals surface area contributed by atoms with Gasteiger partial charge in [-0.1, -0.05) is 79.3 Å². The van der Waals surface area contributed by atoms with Gasteiger partial charge in [-0.05, 0) is 34.0 Å². The summed E-state index contributed by atoms with van der Waals surface area (Å²) in [5.41, 5.74) is 3.24. The number of nitrogens with one attached hydrogen (secondary N) is 3. The molecule has 2 saturated heterocycles. The quantitative estimate of drug-likeness (QED) is 0.0644. The summed E-state index contributed by atoms with van der Waals surface area (Å²) in [5.74, 6) is -0.537. The number of carbonyl (C=O) groups excluding carboxylic acids is 3. The molecule has 3 N–H and O–H groups in total. The van der Waals surface area contributed by atoms with Crippen molar-refractivity contribution in [1.29, 1.82) is 0 Å². The molecule has 4 atom stereocenters. The van der Waals surface area contributed by atoms with E-state index in [9.17, 15) is 24.5 Å². The van der Waals surface area contributed by atoms with E-state index in [0.717, 1.165) is 11.1 Å². The van der Waals surface area contributed by atoms with E-state index in [0.29, 0.717) is 16.5 Å². The molecule has 3 unspecified atom stereocenters. The predicted molar refractivity (Wildman–Crippen MR) is 174 cm³/mol. The van der Waals surface area contributed by atoms with Crippen LogP contribution in [0.1, 0.15) is 29.7 Å². The largest absolute Gasteiger partial charge is 0.452 e. The third-order valence-electron chi connectivity index (χ3n) is 8.17. The Hall–Kier alpha value is -5.00. The Morgan fingerprint density at radius 3 is 2.38 bits per heavy atom. The van der Waals surface area contributed by atoms with Crippen LogP contribution in [-0.2, 0) is 25.8 Å². The molecule has 0 saturated carbocycles. The molecule has 17 heteroatoms. The summed E-state index contributed by atoms with van der Waals surface area (Å²) in [6.07, 6.45) is -0.682. The van der Waals surface area contributed by atoms with Crippen molar-refractivity contribution >= 4 is 47.1 Å². The number of nitro groups is 1. The number of nitro benzene ring substituents is 1. The Morgan fingerprint density at radius 2 is 1.77 bits per heavy atom. The van der Waals surface area contributed by atoms with E-state index in [-0.39, 0.29) is 24.7 Å². The number of rotatable bonds is 12. The van der Waals surface area contributed by atoms with Crippen molar-refractivity contribution in [3.8, 4) is 0 Å². The Kier molecular flexibility index (Phi) is 9.88. The van der Waals surface area contributed by atoms with Crippen molar-refractivity contribution in [1.82, 2.24) is 36.3 Å². The molecule has 15 nitrogen and oxygen atoms in total. The lowest BCUT2D eigenvalue weighted by Crippen LogP contribution is -2.75. The number of β-lactam (4-membered cyclic amide) rings is 1. The number of fused-ring (bicyclic) bond motifs is 1. The highest BCUT2D eigenvalue weighted by atomic mass is 32.2. The van der Waals surface area contributed by atoms with E-state index in [1.54, 1.807) is 4.90 Å². The van der Waals surface area contributed by atoms with Gasteiger partial charge in [0.1, 0.15) is 16.8 Å². The normalized spacial score (nSPS) is 20.7. The number of thioether (sulfide) groups is 2. The Balaban J connectivity index is 1.14. The van der Waals surface area contributed by atoms with E-state index >= 15 is 0 Å². The summed E-state index contributed by atoms with van der Waals surface area (Å²) < 4.78 is 6.34. The number of amides is 3. The monoisotopic (exact) mass is 690 g/mol. The first-order valence-corrected chi connectivity index (χ1v) is 16.7. The van der Waals surface area contributed by atoms with Crippen LogP contribution in [-0.4, -0.2) is 77.3 Å². The zero-order valence-corrected chi connectivity index (χ0v) is 27.1. The number of hydroxylamine groups is 1. The lowest BCUT2D eigenvalue weighted by molar-refractivity contribution is -0.384. The molecule has 1 aromatic heterocycles. The molecule has 6 rings (SSSR count). The smallest absolute Gasteiger partial charge is 0.339 e. The van der Waals surface area contributed by atoms with E-state index in [1.165, 1.54) is 47.8 Å². The molecular formula is C31H30N8O7S2. The van der Waals surface area contributed by atoms with Crippen LogP contribution >= 0.6 is 23.5 Å². The number of H-pyrrole nitrogens is 1. The molecule has 48 heavy (non-hydrogen) atoms. The second-order valence-electron chi connectivity index (χ2n) is 11.2. The van der Waals surface area contributed by atoms with Crippen molar-refractivity contribution in [3.63, 3.8) is 0 Å². The standard InChI is InChI=1S/C31H30N8O7S2/c1-19(48-30-33-36-37-34-30)31(28(41)46-25(21-8-4-2-5-9-21)22-10-6-3-7-11-22)17-38-26(40)24(27(38)47-18-31)32-29(42)35-45-16-20-12-14-23(15-13-20)39(43)44/h2-15,19,24-25,27H,16-18H2,1H3,(H2,32,35,42)(H,33,34,36,37)/t19?,24?,27-,31?/m1/s1. The number of hydrogen-bond donors (Lipinski definition) is 3. The van der Waals surface area contributed by atoms with Crippen molar-refractivity contribution in [3.05, 3.63) is 112 Å². The molecule has 0 spiro atoms. The Morgan fingerprint density at radius 1 is 1.10 bits per heavy atom. The van der Waals surface area contributed by atoms with Crippen LogP contribution in [0.25, 0.3) is 0 Å². The summed E-state index contributed by atoms with van der Waals surface area (Å²) >= 11 is 2.63. The molecule has 0 aliphatic carbocycles. The summed E-state index contributed by atoms with van der Waals surface area (Å²) in [5, 5.41) is 27.1. The first kappa shape index (κ1) is 32.9. The van der Waals surface area contributed by atoms with Gasteiger partial charge in [0.2, 0.25) is 11.1 Å². The van der Waals surface area contributed by atoms with Crippen molar-refractivity contribution in [2.75, 3.05) is 12.3 Å². The fourth-order valence-electron chi connectivity index (χ4n) is 5.48. The van der Waals surface area contributed by atoms with Gasteiger partial charge in [0.05, 0.1) is 11.5 Å². The van der Waals surface area contributed by atoms with Crippen LogP contribution in [0.4, 0.5) is 10.5 Å². The maximum absolute atomic E-state index is 14.4. The highest BCUT2D eigenvalue weighted by Crippen LogP contribution is 2.48. The maximum atomic E-state index is 14.4. The molecule has 3 heterocycles. The fourth-order valence-corrected chi connectivity index (χ4v) is 8.23. The number of non-ortho nitro benzene ring substituents is 1. The SMILES string of the molecule is CC(Sc1nn[nH]n1)C1(C(=O)OC(c2ccccc2)c2ccccc2)CS[C@@H]2C(NC(=O)NOCc3ccc([N+](=O)[O-])cc3)C(=O)N2C1. The minimum absolute atomic E-state index is 0.0398. The number of tetrazole rings is 1. The molecule has 3 aromatic carbocycles. The highest BCUT2D eigenvalue weighted by molar-refractivity contribution is 8.01. The zero-order chi connectivity index (χ0) is 33.7. The topological polar surface area (TPSA) is 195 Å². The summed E-state index contributed by atoms with van der Waals surface area (Å²) in [7, 11) is 0. The second-order valence-corrected chi connectivity index (χ2v) is 13.6. The van der Waals surface area contributed by atoms with Crippen LogP contribution in [0.2, 0.25) is 0 Å². The molecule has 2 aliphatic heterocycles. The van der Waals surface area contributed by atoms with Crippen LogP contribution in [0, 0.1) is 15.5 Å². The molecule has 0 bridgehead atoms. The summed E-state index contributed by atoms with van der Waals surface area (Å²) in [6.45, 7) is 1.89. The summed E-state index contributed by atoms with van der Waals surface area (Å²) in [6, 6.07) is 23.0. The van der Waals surface area contributed by atoms with E-state index < -0.39 is 45.1 Å². The lowest BCUT2D eigenvalue weighted by atomic mass is 9.83. The van der Waals surface area contributed by atoms with Crippen molar-refractivity contribution < 1.29 is 28.9 Å². The molecule has 3 amide bonds. The number of esters is 1. The molecule has 2 aliphatic rings. The second kappa shape index (κ2) is 14.4. The van der Waals surface area contributed by atoms with Crippen LogP contribution in [0.3, 0.4) is 0 Å². The highest BCUT2D eigenvalue weighted by Gasteiger charge is 2.60. The van der Waals surface area contributed by atoms with E-state index in [4.69, 9.17) is 9.57 Å². The number of urea groups is 1. The van der Waals surface area contributed by atoms with E-state index in [1.807, 2.05) is 67.6 Å². The third kappa shape index (κ3) is 6.97. The van der Waals surface area contributed by atoms with Gasteiger partial charge in [0, 0.05) is 29.7 Å². The van der Waals surface area contributed by atoms with Crippen molar-refractivity contribution in [2.45, 2.75) is 41.5 Å². The molecular weight excluding hydrogens is 661 g/mol. The van der Waals surface area contributed by atoms with Gasteiger partial charge in [0.15, 0.2) is 6.10 Å². The van der Waals surface area contributed by atoms with Crippen LogP contribution < -0.4 is 10.8 Å². The number of ether oxygens (including phenoxy) is 1. The average Bonchev–Trinajstić information content (AvgIpc) is 3.63. The van der Waals surface area contributed by atoms with Gasteiger partial charge in [-0.2, -0.15) is 5.21 Å². The van der Waals surface area contributed by atoms with Gasteiger partial charge in [0.25, 0.3) is 5.69 Å². The minimum Gasteiger partial charge on any atom is -0.452 e. The third-order valence-corrected chi connectivity index (χ3v) is 10.9. The number of aromatic amines is 1. The van der Waals surface area contributed by atoms with Crippen molar-refractivity contribution in [2.24, 2.45) is 5.41 Å². The zero-order valence-electron chi connectivity index (χ0n) is 25.4. The maximum Gasteiger partial charge on any atom is 0.339 e. The Labute approximate surface area is 282 Å². The number of hydrogen-bond acceptors (Lipinski definition) is 12. The average molecular weight is 691 g/mol. The van der Waals surface area contributed by atoms with E-state index in [2.05, 4.69) is 31.4 Å². The molecule has 0 radical (unpaired) electrons. The molecule has 248 valence electrons. The van der Waals surface area contributed by atoms with Gasteiger partial charge >= 0.3 is 12.0 Å². The predicted octanol–water partition coefficient (Wildman–Crippen LogP) is 3.62. The van der Waals surface area contributed by atoms with Gasteiger partial charge < -0.3 is 15.0 Å². The van der Waals surface area contributed by atoms with Gasteiger partial charge in [-0.25, -0.2) is 10.3 Å². The Bertz CT molecular complexity index is 1710. The van der Waals surface area contributed by atoms with Crippen LogP contribution in [0.5, 0.6) is 0 Å². The summed E-state index contributed by atoms with van der Waals surface area (Å²) in [4.78, 5) is 57.5. The van der Waals surface area contributed by atoms with Gasteiger partial charge in [-0.15, -0.1) is 22.0 Å². The molecule has 4 aromatic rings. The number of benzene rings is 3. The fraction of sp³-hybridized carbons (Fsp3) is 0.290. The van der Waals surface area contributed by atoms with Gasteiger partial charge in [-0.3, -0.25) is 24.5 Å².